The van der Waals surface area contributed by atoms with Crippen LogP contribution >= 0.6 is 15.9 Å². The van der Waals surface area contributed by atoms with Gasteiger partial charge >= 0.3 is 0 Å². The predicted octanol–water partition coefficient (Wildman–Crippen LogP) is 2.60. The number of nitrogens with zero attached hydrogens (tertiary/aromatic N) is 1. The van der Waals surface area contributed by atoms with Crippen molar-refractivity contribution in [2.24, 2.45) is 4.99 Å². The molecule has 0 atom stereocenters. The monoisotopic (exact) mass is 272 g/mol. The van der Waals surface area contributed by atoms with Gasteiger partial charge in [0.2, 0.25) is 0 Å². The number of aliphatic hydroxyl groups is 1. The summed E-state index contributed by atoms with van der Waals surface area (Å²) in [5.74, 6) is 0. The minimum atomic E-state index is -0.0597. The van der Waals surface area contributed by atoms with Crippen LogP contribution in [0.5, 0.6) is 0 Å². The second-order valence-corrected chi connectivity index (χ2v) is 3.53. The highest BCUT2D eigenvalue weighted by molar-refractivity contribution is 9.10. The van der Waals surface area contributed by atoms with Gasteiger partial charge in [0.15, 0.2) is 0 Å². The third kappa shape index (κ3) is 4.01. The number of nitrogens with two attached hydrogens (primary N) is 1. The quantitative estimate of drug-likeness (QED) is 0.642. The molecule has 3 N–H and O–H groups in total. The average molecular weight is 273 g/mol. The Kier molecular flexibility index (Phi) is 6.99. The van der Waals surface area contributed by atoms with Crippen LogP contribution in [-0.4, -0.2) is 18.4 Å². The van der Waals surface area contributed by atoms with Crippen molar-refractivity contribution in [3.63, 3.8) is 0 Å². The standard InChI is InChI=1S/C9H11BrN2O.C2H6/c1-12-4-6-2-8(10)3-7(5-13)9(6)11;1-2/h2-4,13H,5,11H2,1H3;1-2H3. The fraction of sp³-hybridized carbons (Fsp3) is 0.364. The van der Waals surface area contributed by atoms with Crippen LogP contribution in [0.4, 0.5) is 5.69 Å². The molecule has 0 aliphatic rings. The molecule has 0 unspecified atom stereocenters. The second kappa shape index (κ2) is 7.43. The van der Waals surface area contributed by atoms with Crippen molar-refractivity contribution in [1.29, 1.82) is 0 Å². The zero-order valence-electron chi connectivity index (χ0n) is 9.29. The predicted molar refractivity (Wildman–Crippen MR) is 69.3 cm³/mol. The number of aliphatic imine (C=N–C) groups is 1. The van der Waals surface area contributed by atoms with Crippen LogP contribution in [0.25, 0.3) is 0 Å². The van der Waals surface area contributed by atoms with Crippen LogP contribution in [0, 0.1) is 0 Å². The number of aliphatic hydroxyl groups excluding tert-OH is 1. The van der Waals surface area contributed by atoms with Crippen molar-refractivity contribution in [3.8, 4) is 0 Å². The van der Waals surface area contributed by atoms with E-state index in [-0.39, 0.29) is 6.61 Å². The van der Waals surface area contributed by atoms with E-state index in [2.05, 4.69) is 20.9 Å². The molecule has 0 aromatic heterocycles. The van der Waals surface area contributed by atoms with Crippen LogP contribution in [0.3, 0.4) is 0 Å². The van der Waals surface area contributed by atoms with E-state index in [1.807, 2.05) is 19.9 Å². The molecule has 0 amide bonds. The highest BCUT2D eigenvalue weighted by atomic mass is 79.9. The van der Waals surface area contributed by atoms with E-state index >= 15 is 0 Å². The number of nitrogen functional groups attached to an aromatic ring is 1. The lowest BCUT2D eigenvalue weighted by Crippen LogP contribution is -1.99. The van der Waals surface area contributed by atoms with E-state index in [0.717, 1.165) is 10.0 Å². The molecule has 4 heteroatoms. The molecular weight excluding hydrogens is 256 g/mol. The minimum Gasteiger partial charge on any atom is -0.398 e. The summed E-state index contributed by atoms with van der Waals surface area (Å²) in [4.78, 5) is 3.88. The number of hydrogen-bond donors (Lipinski definition) is 2. The third-order valence-corrected chi connectivity index (χ3v) is 2.16. The molecule has 0 saturated heterocycles. The fourth-order valence-electron chi connectivity index (χ4n) is 1.07. The molecule has 3 nitrogen and oxygen atoms in total. The molecule has 84 valence electrons. The maximum Gasteiger partial charge on any atom is 0.0702 e. The third-order valence-electron chi connectivity index (χ3n) is 1.70. The maximum absolute atomic E-state index is 8.99. The first kappa shape index (κ1) is 14.1. The minimum absolute atomic E-state index is 0.0597. The highest BCUT2D eigenvalue weighted by Gasteiger charge is 2.04. The molecule has 1 rings (SSSR count). The van der Waals surface area contributed by atoms with E-state index in [1.54, 1.807) is 19.3 Å². The lowest BCUT2D eigenvalue weighted by atomic mass is 10.1. The molecule has 1 aromatic rings. The van der Waals surface area contributed by atoms with Gasteiger partial charge < -0.3 is 10.8 Å². The highest BCUT2D eigenvalue weighted by Crippen LogP contribution is 2.22. The van der Waals surface area contributed by atoms with Crippen LogP contribution < -0.4 is 5.73 Å². The maximum atomic E-state index is 8.99. The van der Waals surface area contributed by atoms with Gasteiger partial charge in [-0.2, -0.15) is 0 Å². The van der Waals surface area contributed by atoms with Crippen LogP contribution in [-0.2, 0) is 6.61 Å². The van der Waals surface area contributed by atoms with E-state index in [9.17, 15) is 0 Å². The van der Waals surface area contributed by atoms with Crippen molar-refractivity contribution in [2.45, 2.75) is 20.5 Å². The lowest BCUT2D eigenvalue weighted by molar-refractivity contribution is 0.282. The topological polar surface area (TPSA) is 58.6 Å². The van der Waals surface area contributed by atoms with Gasteiger partial charge in [0.05, 0.1) is 6.61 Å². The SMILES string of the molecule is CC.CN=Cc1cc(Br)cc(CO)c1N. The summed E-state index contributed by atoms with van der Waals surface area (Å²) in [6, 6.07) is 3.66. The number of hydrogen-bond acceptors (Lipinski definition) is 3. The first-order valence-electron chi connectivity index (χ1n) is 4.80. The van der Waals surface area contributed by atoms with Gasteiger partial charge in [0.25, 0.3) is 0 Å². The first-order valence-corrected chi connectivity index (χ1v) is 5.59. The number of rotatable bonds is 2. The van der Waals surface area contributed by atoms with Crippen LogP contribution in [0.15, 0.2) is 21.6 Å². The van der Waals surface area contributed by atoms with Crippen molar-refractivity contribution in [1.82, 2.24) is 0 Å². The summed E-state index contributed by atoms with van der Waals surface area (Å²) in [5, 5.41) is 8.99. The molecule has 0 bridgehead atoms. The largest absolute Gasteiger partial charge is 0.398 e. The van der Waals surface area contributed by atoms with Crippen molar-refractivity contribution < 1.29 is 5.11 Å². The Bertz CT molecular complexity index is 338. The Morgan fingerprint density at radius 3 is 2.53 bits per heavy atom. The molecule has 15 heavy (non-hydrogen) atoms. The molecule has 0 spiro atoms. The Morgan fingerprint density at radius 1 is 1.47 bits per heavy atom. The Morgan fingerprint density at radius 2 is 2.07 bits per heavy atom. The van der Waals surface area contributed by atoms with Crippen molar-refractivity contribution in [3.05, 3.63) is 27.7 Å². The Labute approximate surface area is 99.2 Å². The summed E-state index contributed by atoms with van der Waals surface area (Å²) in [6.07, 6.45) is 1.67. The van der Waals surface area contributed by atoms with Crippen molar-refractivity contribution >= 4 is 27.8 Å². The van der Waals surface area contributed by atoms with E-state index in [0.29, 0.717) is 11.3 Å². The normalized spacial score (nSPS) is 9.93. The molecule has 0 heterocycles. The molecule has 1 aromatic carbocycles. The first-order chi connectivity index (χ1) is 7.19. The Balaban J connectivity index is 0.000000921. The summed E-state index contributed by atoms with van der Waals surface area (Å²) in [7, 11) is 1.68. The molecule has 0 radical (unpaired) electrons. The number of anilines is 1. The number of halogens is 1. The van der Waals surface area contributed by atoms with Gasteiger partial charge in [-0.15, -0.1) is 0 Å². The van der Waals surface area contributed by atoms with Gasteiger partial charge in [-0.1, -0.05) is 29.8 Å². The Hall–Kier alpha value is -0.870. The van der Waals surface area contributed by atoms with Gasteiger partial charge in [-0.05, 0) is 12.1 Å². The summed E-state index contributed by atoms with van der Waals surface area (Å²) in [5.41, 5.74) is 7.89. The zero-order chi connectivity index (χ0) is 11.8. The van der Waals surface area contributed by atoms with Crippen LogP contribution in [0.1, 0.15) is 25.0 Å². The van der Waals surface area contributed by atoms with Gasteiger partial charge in [0, 0.05) is 34.5 Å². The average Bonchev–Trinajstić information content (AvgIpc) is 2.26. The zero-order valence-corrected chi connectivity index (χ0v) is 10.9. The van der Waals surface area contributed by atoms with E-state index in [1.165, 1.54) is 0 Å². The summed E-state index contributed by atoms with van der Waals surface area (Å²) in [6.45, 7) is 3.94. The number of benzene rings is 1. The van der Waals surface area contributed by atoms with Crippen LogP contribution in [0.2, 0.25) is 0 Å². The van der Waals surface area contributed by atoms with Crippen molar-refractivity contribution in [2.75, 3.05) is 12.8 Å². The fourth-order valence-corrected chi connectivity index (χ4v) is 1.60. The lowest BCUT2D eigenvalue weighted by Gasteiger charge is -2.06. The van der Waals surface area contributed by atoms with Gasteiger partial charge in [-0.25, -0.2) is 0 Å². The summed E-state index contributed by atoms with van der Waals surface area (Å²) >= 11 is 3.33. The smallest absolute Gasteiger partial charge is 0.0702 e. The summed E-state index contributed by atoms with van der Waals surface area (Å²) < 4.78 is 0.889. The molecule has 0 fully saturated rings. The molecule has 0 saturated carbocycles. The molecular formula is C11H17BrN2O. The molecule has 0 aliphatic heterocycles. The van der Waals surface area contributed by atoms with E-state index in [4.69, 9.17) is 10.8 Å². The second-order valence-electron chi connectivity index (χ2n) is 2.61. The molecule has 0 aliphatic carbocycles. The van der Waals surface area contributed by atoms with Gasteiger partial charge in [-0.3, -0.25) is 4.99 Å². The van der Waals surface area contributed by atoms with E-state index < -0.39 is 0 Å². The van der Waals surface area contributed by atoms with Gasteiger partial charge in [0.1, 0.15) is 0 Å².